The zero-order valence-corrected chi connectivity index (χ0v) is 21.8. The number of aryl methyl sites for hydroxylation is 1. The number of nitrogens with two attached hydrogens (primary N) is 1. The van der Waals surface area contributed by atoms with Gasteiger partial charge < -0.3 is 25.6 Å². The number of likely N-dealkylation sites (tertiary alicyclic amines) is 1. The molecule has 0 bridgehead atoms. The predicted octanol–water partition coefficient (Wildman–Crippen LogP) is 2.65. The lowest BCUT2D eigenvalue weighted by atomic mass is 10.1. The van der Waals surface area contributed by atoms with Crippen LogP contribution in [0.5, 0.6) is 0 Å². The van der Waals surface area contributed by atoms with Crippen molar-refractivity contribution in [2.45, 2.75) is 39.2 Å². The van der Waals surface area contributed by atoms with Crippen LogP contribution in [0, 0.1) is 6.92 Å². The van der Waals surface area contributed by atoms with Gasteiger partial charge in [-0.2, -0.15) is 0 Å². The van der Waals surface area contributed by atoms with E-state index in [2.05, 4.69) is 51.3 Å². The Morgan fingerprint density at radius 3 is 2.56 bits per heavy atom. The second-order valence-corrected chi connectivity index (χ2v) is 8.39. The number of hydrogen-bond acceptors (Lipinski definition) is 5. The van der Waals surface area contributed by atoms with Gasteiger partial charge in [0.1, 0.15) is 0 Å². The molecule has 180 valence electrons. The van der Waals surface area contributed by atoms with Gasteiger partial charge in [0, 0.05) is 64.1 Å². The SMILES string of the molecule is CCOC(=O)N1CCC(NC(N)=NCCCN2CCN(c3cccc(C)c3)CC2)CC1.I. The first-order chi connectivity index (χ1) is 15.0. The lowest BCUT2D eigenvalue weighted by Crippen LogP contribution is -2.48. The van der Waals surface area contributed by atoms with E-state index in [0.29, 0.717) is 25.7 Å². The molecule has 2 aliphatic rings. The molecule has 0 radical (unpaired) electrons. The van der Waals surface area contributed by atoms with Gasteiger partial charge in [-0.3, -0.25) is 9.89 Å². The molecule has 2 aliphatic heterocycles. The van der Waals surface area contributed by atoms with Crippen LogP contribution in [-0.2, 0) is 4.74 Å². The number of ether oxygens (including phenoxy) is 1. The van der Waals surface area contributed by atoms with E-state index >= 15 is 0 Å². The number of nitrogens with zero attached hydrogens (tertiary/aromatic N) is 4. The van der Waals surface area contributed by atoms with Crippen LogP contribution in [0.2, 0.25) is 0 Å². The summed E-state index contributed by atoms with van der Waals surface area (Å²) in [7, 11) is 0. The lowest BCUT2D eigenvalue weighted by Gasteiger charge is -2.36. The van der Waals surface area contributed by atoms with Crippen molar-refractivity contribution in [1.29, 1.82) is 0 Å². The predicted molar refractivity (Wildman–Crippen MR) is 141 cm³/mol. The Hall–Kier alpha value is -1.75. The van der Waals surface area contributed by atoms with Gasteiger partial charge in [0.2, 0.25) is 0 Å². The highest BCUT2D eigenvalue weighted by Crippen LogP contribution is 2.18. The third-order valence-electron chi connectivity index (χ3n) is 6.03. The van der Waals surface area contributed by atoms with Crippen LogP contribution in [0.15, 0.2) is 29.3 Å². The monoisotopic (exact) mass is 558 g/mol. The van der Waals surface area contributed by atoms with Gasteiger partial charge in [0.05, 0.1) is 6.61 Å². The first-order valence-electron chi connectivity index (χ1n) is 11.6. The molecule has 32 heavy (non-hydrogen) atoms. The maximum atomic E-state index is 11.8. The molecule has 0 spiro atoms. The molecule has 0 unspecified atom stereocenters. The summed E-state index contributed by atoms with van der Waals surface area (Å²) in [5.74, 6) is 0.513. The minimum atomic E-state index is -0.220. The Kier molecular flexibility index (Phi) is 11.4. The number of guanidine groups is 1. The third kappa shape index (κ3) is 8.31. The number of amides is 1. The number of anilines is 1. The Labute approximate surface area is 209 Å². The maximum absolute atomic E-state index is 11.8. The summed E-state index contributed by atoms with van der Waals surface area (Å²) in [5, 5.41) is 3.31. The third-order valence-corrected chi connectivity index (χ3v) is 6.03. The maximum Gasteiger partial charge on any atom is 0.409 e. The van der Waals surface area contributed by atoms with Crippen molar-refractivity contribution in [3.63, 3.8) is 0 Å². The zero-order valence-electron chi connectivity index (χ0n) is 19.5. The van der Waals surface area contributed by atoms with Gasteiger partial charge in [-0.25, -0.2) is 4.79 Å². The fourth-order valence-electron chi connectivity index (χ4n) is 4.22. The molecule has 0 aromatic heterocycles. The van der Waals surface area contributed by atoms with Crippen molar-refractivity contribution in [3.8, 4) is 0 Å². The molecule has 2 heterocycles. The van der Waals surface area contributed by atoms with E-state index in [4.69, 9.17) is 10.5 Å². The number of aliphatic imine (C=N–C) groups is 1. The summed E-state index contributed by atoms with van der Waals surface area (Å²) < 4.78 is 5.06. The fraction of sp³-hybridized carbons (Fsp3) is 0.652. The Balaban J connectivity index is 0.00000363. The van der Waals surface area contributed by atoms with Crippen molar-refractivity contribution < 1.29 is 9.53 Å². The average Bonchev–Trinajstić information content (AvgIpc) is 2.78. The zero-order chi connectivity index (χ0) is 22.1. The summed E-state index contributed by atoms with van der Waals surface area (Å²) in [5.41, 5.74) is 8.72. The van der Waals surface area contributed by atoms with Crippen molar-refractivity contribution >= 4 is 41.7 Å². The Morgan fingerprint density at radius 2 is 1.91 bits per heavy atom. The van der Waals surface area contributed by atoms with Gasteiger partial charge in [-0.05, 0) is 50.8 Å². The summed E-state index contributed by atoms with van der Waals surface area (Å²) >= 11 is 0. The molecule has 0 atom stereocenters. The number of hydrogen-bond donors (Lipinski definition) is 2. The summed E-state index contributed by atoms with van der Waals surface area (Å²) in [6.07, 6.45) is 2.51. The number of benzene rings is 1. The van der Waals surface area contributed by atoms with Gasteiger partial charge in [-0.15, -0.1) is 24.0 Å². The van der Waals surface area contributed by atoms with Crippen LogP contribution in [0.4, 0.5) is 10.5 Å². The summed E-state index contributed by atoms with van der Waals surface area (Å²) in [4.78, 5) is 23.0. The van der Waals surface area contributed by atoms with Crippen LogP contribution in [0.25, 0.3) is 0 Å². The van der Waals surface area contributed by atoms with Crippen molar-refractivity contribution in [2.75, 3.05) is 63.9 Å². The largest absolute Gasteiger partial charge is 0.450 e. The first-order valence-corrected chi connectivity index (χ1v) is 11.6. The Morgan fingerprint density at radius 1 is 1.19 bits per heavy atom. The van der Waals surface area contributed by atoms with Crippen LogP contribution < -0.4 is 16.0 Å². The molecule has 1 aromatic rings. The van der Waals surface area contributed by atoms with Crippen molar-refractivity contribution in [1.82, 2.24) is 15.1 Å². The number of rotatable bonds is 7. The minimum Gasteiger partial charge on any atom is -0.450 e. The smallest absolute Gasteiger partial charge is 0.409 e. The summed E-state index contributed by atoms with van der Waals surface area (Å²) in [6, 6.07) is 9.02. The highest BCUT2D eigenvalue weighted by molar-refractivity contribution is 14.0. The van der Waals surface area contributed by atoms with E-state index in [-0.39, 0.29) is 36.1 Å². The molecule has 3 rings (SSSR count). The quantitative estimate of drug-likeness (QED) is 0.232. The molecule has 0 saturated carbocycles. The van der Waals surface area contributed by atoms with Crippen molar-refractivity contribution in [2.24, 2.45) is 10.7 Å². The van der Waals surface area contributed by atoms with Gasteiger partial charge in [0.15, 0.2) is 5.96 Å². The number of piperidine rings is 1. The second-order valence-electron chi connectivity index (χ2n) is 8.39. The van der Waals surface area contributed by atoms with E-state index in [0.717, 1.165) is 58.5 Å². The summed E-state index contributed by atoms with van der Waals surface area (Å²) in [6.45, 7) is 11.9. The second kappa shape index (κ2) is 13.7. The van der Waals surface area contributed by atoms with Crippen molar-refractivity contribution in [3.05, 3.63) is 29.8 Å². The van der Waals surface area contributed by atoms with Crippen LogP contribution in [0.1, 0.15) is 31.7 Å². The molecule has 0 aliphatic carbocycles. The standard InChI is InChI=1S/C23H38N6O2.HI/c1-3-31-23(30)29-12-8-20(9-13-29)26-22(24)25-10-5-11-27-14-16-28(17-15-27)21-7-4-6-19(2)18-21;/h4,6-7,18,20H,3,5,8-17H2,1-2H3,(H3,24,25,26);1H. The molecular formula is C23H39IN6O2. The van der Waals surface area contributed by atoms with Crippen LogP contribution in [-0.4, -0.2) is 86.9 Å². The molecular weight excluding hydrogens is 519 g/mol. The molecule has 9 heteroatoms. The molecule has 8 nitrogen and oxygen atoms in total. The fourth-order valence-corrected chi connectivity index (χ4v) is 4.22. The normalized spacial score (nSPS) is 18.2. The Bertz CT molecular complexity index is 731. The van der Waals surface area contributed by atoms with Crippen LogP contribution in [0.3, 0.4) is 0 Å². The number of halogens is 1. The highest BCUT2D eigenvalue weighted by Gasteiger charge is 2.23. The first kappa shape index (κ1) is 26.5. The molecule has 1 amide bonds. The molecule has 2 saturated heterocycles. The number of nitrogens with one attached hydrogen (secondary N) is 1. The number of piperazine rings is 1. The van der Waals surface area contributed by atoms with E-state index < -0.39 is 0 Å². The average molecular weight is 559 g/mol. The van der Waals surface area contributed by atoms with E-state index in [1.807, 2.05) is 6.92 Å². The molecule has 3 N–H and O–H groups in total. The van der Waals surface area contributed by atoms with E-state index in [9.17, 15) is 4.79 Å². The van der Waals surface area contributed by atoms with Gasteiger partial charge in [0.25, 0.3) is 0 Å². The van der Waals surface area contributed by atoms with E-state index in [1.54, 1.807) is 4.90 Å². The van der Waals surface area contributed by atoms with E-state index in [1.165, 1.54) is 11.3 Å². The van der Waals surface area contributed by atoms with Gasteiger partial charge >= 0.3 is 6.09 Å². The number of carbonyl (C=O) groups is 1. The lowest BCUT2D eigenvalue weighted by molar-refractivity contribution is 0.0963. The highest BCUT2D eigenvalue weighted by atomic mass is 127. The topological polar surface area (TPSA) is 86.4 Å². The van der Waals surface area contributed by atoms with Crippen LogP contribution >= 0.6 is 24.0 Å². The van der Waals surface area contributed by atoms with Gasteiger partial charge in [-0.1, -0.05) is 12.1 Å². The molecule has 2 fully saturated rings. The number of carbonyl (C=O) groups excluding carboxylic acids is 1. The minimum absolute atomic E-state index is 0. The molecule has 1 aromatic carbocycles.